The molecule has 0 radical (unpaired) electrons. The van der Waals surface area contributed by atoms with E-state index in [0.717, 1.165) is 0 Å². The van der Waals surface area contributed by atoms with Crippen LogP contribution in [0.5, 0.6) is 0 Å². The second-order valence-corrected chi connectivity index (χ2v) is 5.03. The molecule has 7 heteroatoms. The largest absolute Gasteiger partial charge is 0.444 e. The maximum Gasteiger partial charge on any atom is 0.407 e. The SMILES string of the molecule is CC(Cn1cc(C=O)nn1)NC(=O)OC(C)(C)C. The van der Waals surface area contributed by atoms with Gasteiger partial charge in [0.05, 0.1) is 12.7 Å². The molecule has 1 amide bonds. The van der Waals surface area contributed by atoms with Crippen molar-refractivity contribution in [2.75, 3.05) is 0 Å². The zero-order valence-corrected chi connectivity index (χ0v) is 11.0. The third kappa shape index (κ3) is 4.94. The number of hydrogen-bond acceptors (Lipinski definition) is 5. The van der Waals surface area contributed by atoms with Gasteiger partial charge in [0, 0.05) is 6.04 Å². The normalized spacial score (nSPS) is 12.9. The maximum atomic E-state index is 11.5. The van der Waals surface area contributed by atoms with Crippen molar-refractivity contribution < 1.29 is 14.3 Å². The third-order valence-electron chi connectivity index (χ3n) is 1.90. The van der Waals surface area contributed by atoms with E-state index in [-0.39, 0.29) is 11.7 Å². The Balaban J connectivity index is 2.44. The molecule has 7 nitrogen and oxygen atoms in total. The number of aldehydes is 1. The molecule has 100 valence electrons. The number of nitrogens with one attached hydrogen (secondary N) is 1. The molecule has 18 heavy (non-hydrogen) atoms. The fourth-order valence-electron chi connectivity index (χ4n) is 1.29. The predicted octanol–water partition coefficient (Wildman–Crippen LogP) is 1.00. The van der Waals surface area contributed by atoms with Gasteiger partial charge in [-0.25, -0.2) is 9.48 Å². The van der Waals surface area contributed by atoms with Gasteiger partial charge >= 0.3 is 6.09 Å². The lowest BCUT2D eigenvalue weighted by Gasteiger charge is -2.21. The van der Waals surface area contributed by atoms with E-state index < -0.39 is 11.7 Å². The third-order valence-corrected chi connectivity index (χ3v) is 1.90. The lowest BCUT2D eigenvalue weighted by atomic mass is 10.2. The molecule has 1 rings (SSSR count). The molecule has 1 heterocycles. The summed E-state index contributed by atoms with van der Waals surface area (Å²) in [6.45, 7) is 7.62. The molecule has 0 aromatic carbocycles. The average Bonchev–Trinajstić information content (AvgIpc) is 2.61. The molecular weight excluding hydrogens is 236 g/mol. The minimum Gasteiger partial charge on any atom is -0.444 e. The smallest absolute Gasteiger partial charge is 0.407 e. The maximum absolute atomic E-state index is 11.5. The summed E-state index contributed by atoms with van der Waals surface area (Å²) in [4.78, 5) is 21.9. The van der Waals surface area contributed by atoms with Gasteiger partial charge in [0.1, 0.15) is 11.3 Å². The van der Waals surface area contributed by atoms with Gasteiger partial charge in [-0.15, -0.1) is 5.10 Å². The summed E-state index contributed by atoms with van der Waals surface area (Å²) in [6.07, 6.45) is 1.65. The summed E-state index contributed by atoms with van der Waals surface area (Å²) in [7, 11) is 0. The van der Waals surface area contributed by atoms with E-state index in [9.17, 15) is 9.59 Å². The standard InChI is InChI=1S/C11H18N4O3/c1-8(12-10(17)18-11(2,3)4)5-15-6-9(7-16)13-14-15/h6-8H,5H2,1-4H3,(H,12,17). The van der Waals surface area contributed by atoms with Gasteiger partial charge in [0.2, 0.25) is 0 Å². The van der Waals surface area contributed by atoms with Gasteiger partial charge < -0.3 is 10.1 Å². The van der Waals surface area contributed by atoms with Gasteiger partial charge in [0.15, 0.2) is 6.29 Å². The van der Waals surface area contributed by atoms with E-state index in [1.54, 1.807) is 20.8 Å². The zero-order valence-electron chi connectivity index (χ0n) is 11.0. The van der Waals surface area contributed by atoms with Crippen molar-refractivity contribution in [1.29, 1.82) is 0 Å². The number of nitrogens with zero attached hydrogens (tertiary/aromatic N) is 3. The summed E-state index contributed by atoms with van der Waals surface area (Å²) in [5.74, 6) is 0. The number of alkyl carbamates (subject to hydrolysis) is 1. The Hall–Kier alpha value is -1.92. The number of carbonyl (C=O) groups excluding carboxylic acids is 2. The summed E-state index contributed by atoms with van der Waals surface area (Å²) in [6, 6.07) is -0.180. The molecule has 1 N–H and O–H groups in total. The Kier molecular flexibility index (Phi) is 4.41. The van der Waals surface area contributed by atoms with Crippen LogP contribution >= 0.6 is 0 Å². The lowest BCUT2D eigenvalue weighted by molar-refractivity contribution is 0.0503. The zero-order chi connectivity index (χ0) is 13.8. The highest BCUT2D eigenvalue weighted by molar-refractivity contribution is 5.70. The number of hydrogen-bond donors (Lipinski definition) is 1. The van der Waals surface area contributed by atoms with E-state index in [1.165, 1.54) is 10.9 Å². The Morgan fingerprint density at radius 1 is 1.61 bits per heavy atom. The van der Waals surface area contributed by atoms with Crippen LogP contribution in [0.15, 0.2) is 6.20 Å². The average molecular weight is 254 g/mol. The topological polar surface area (TPSA) is 86.1 Å². The van der Waals surface area contributed by atoms with Gasteiger partial charge in [0.25, 0.3) is 0 Å². The van der Waals surface area contributed by atoms with Crippen molar-refractivity contribution in [1.82, 2.24) is 20.3 Å². The van der Waals surface area contributed by atoms with E-state index in [0.29, 0.717) is 12.8 Å². The van der Waals surface area contributed by atoms with Crippen LogP contribution in [0.4, 0.5) is 4.79 Å². The summed E-state index contributed by atoms with van der Waals surface area (Å²) in [5.41, 5.74) is -0.263. The quantitative estimate of drug-likeness (QED) is 0.810. The van der Waals surface area contributed by atoms with Gasteiger partial charge in [-0.3, -0.25) is 4.79 Å². The molecule has 1 atom stereocenters. The van der Waals surface area contributed by atoms with Crippen molar-refractivity contribution in [2.45, 2.75) is 45.9 Å². The van der Waals surface area contributed by atoms with Crippen LogP contribution < -0.4 is 5.32 Å². The second-order valence-electron chi connectivity index (χ2n) is 5.03. The highest BCUT2D eigenvalue weighted by Gasteiger charge is 2.17. The Bertz CT molecular complexity index is 422. The molecule has 0 bridgehead atoms. The first-order valence-corrected chi connectivity index (χ1v) is 5.65. The summed E-state index contributed by atoms with van der Waals surface area (Å²) >= 11 is 0. The number of ether oxygens (including phenoxy) is 1. The first-order chi connectivity index (χ1) is 8.30. The molecule has 1 aromatic rings. The van der Waals surface area contributed by atoms with Crippen LogP contribution in [-0.2, 0) is 11.3 Å². The molecule has 0 aliphatic rings. The van der Waals surface area contributed by atoms with Crippen LogP contribution in [0.1, 0.15) is 38.2 Å². The molecule has 0 aliphatic heterocycles. The Morgan fingerprint density at radius 2 is 2.28 bits per heavy atom. The van der Waals surface area contributed by atoms with Crippen LogP contribution in [0.2, 0.25) is 0 Å². The highest BCUT2D eigenvalue weighted by Crippen LogP contribution is 2.06. The second kappa shape index (κ2) is 5.61. The number of rotatable bonds is 4. The Morgan fingerprint density at radius 3 is 2.78 bits per heavy atom. The predicted molar refractivity (Wildman–Crippen MR) is 64.2 cm³/mol. The van der Waals surface area contributed by atoms with E-state index in [2.05, 4.69) is 15.6 Å². The van der Waals surface area contributed by atoms with Gasteiger partial charge in [-0.2, -0.15) is 0 Å². The fraction of sp³-hybridized carbons (Fsp3) is 0.636. The van der Waals surface area contributed by atoms with E-state index >= 15 is 0 Å². The van der Waals surface area contributed by atoms with E-state index in [4.69, 9.17) is 4.74 Å². The molecule has 1 aromatic heterocycles. The molecule has 0 spiro atoms. The van der Waals surface area contributed by atoms with Crippen molar-refractivity contribution >= 4 is 12.4 Å². The fourth-order valence-corrected chi connectivity index (χ4v) is 1.29. The van der Waals surface area contributed by atoms with Crippen LogP contribution in [0, 0.1) is 0 Å². The van der Waals surface area contributed by atoms with Crippen LogP contribution in [0.3, 0.4) is 0 Å². The van der Waals surface area contributed by atoms with Crippen molar-refractivity contribution in [3.05, 3.63) is 11.9 Å². The van der Waals surface area contributed by atoms with Crippen molar-refractivity contribution in [3.63, 3.8) is 0 Å². The number of amides is 1. The number of aromatic nitrogens is 3. The first-order valence-electron chi connectivity index (χ1n) is 5.65. The van der Waals surface area contributed by atoms with Crippen molar-refractivity contribution in [2.24, 2.45) is 0 Å². The van der Waals surface area contributed by atoms with Crippen LogP contribution in [-0.4, -0.2) is 39.0 Å². The summed E-state index contributed by atoms with van der Waals surface area (Å²) < 4.78 is 6.61. The van der Waals surface area contributed by atoms with Gasteiger partial charge in [-0.1, -0.05) is 5.21 Å². The van der Waals surface area contributed by atoms with Crippen molar-refractivity contribution in [3.8, 4) is 0 Å². The highest BCUT2D eigenvalue weighted by atomic mass is 16.6. The lowest BCUT2D eigenvalue weighted by Crippen LogP contribution is -2.39. The van der Waals surface area contributed by atoms with Gasteiger partial charge in [-0.05, 0) is 27.7 Å². The molecule has 0 saturated carbocycles. The van der Waals surface area contributed by atoms with E-state index in [1.807, 2.05) is 6.92 Å². The molecule has 1 unspecified atom stereocenters. The molecule has 0 fully saturated rings. The minimum absolute atomic E-state index is 0.180. The van der Waals surface area contributed by atoms with Crippen LogP contribution in [0.25, 0.3) is 0 Å². The summed E-state index contributed by atoms with van der Waals surface area (Å²) in [5, 5.41) is 10.1. The minimum atomic E-state index is -0.526. The Labute approximate surface area is 105 Å². The first kappa shape index (κ1) is 14.1. The molecular formula is C11H18N4O3. The molecule has 0 aliphatic carbocycles. The molecule has 0 saturated heterocycles. The number of carbonyl (C=O) groups is 2. The monoisotopic (exact) mass is 254 g/mol.